The van der Waals surface area contributed by atoms with Crippen molar-refractivity contribution in [1.82, 2.24) is 9.13 Å². The molecule has 2 N–H and O–H groups in total. The van der Waals surface area contributed by atoms with Gasteiger partial charge in [-0.25, -0.2) is 4.79 Å². The number of hydrogen-bond donors (Lipinski definition) is 1. The molecule has 0 aliphatic rings. The van der Waals surface area contributed by atoms with Gasteiger partial charge < -0.3 is 10.2 Å². The van der Waals surface area contributed by atoms with Crippen LogP contribution in [-0.2, 0) is 14.1 Å². The SMILES string of the molecule is Cc1cc(C(N)c2ccc3c(c2)n(C)c(=O)n3C)c(C)o1. The van der Waals surface area contributed by atoms with E-state index in [4.69, 9.17) is 10.2 Å². The standard InChI is InChI=1S/C16H19N3O2/c1-9-7-12(10(2)21-9)15(17)11-5-6-13-14(8-11)19(4)16(20)18(13)3/h5-8,15H,17H2,1-4H3. The molecule has 0 saturated heterocycles. The maximum absolute atomic E-state index is 12.0. The number of benzene rings is 1. The summed E-state index contributed by atoms with van der Waals surface area (Å²) in [6, 6.07) is 7.59. The zero-order chi connectivity index (χ0) is 15.3. The Morgan fingerprint density at radius 1 is 1.10 bits per heavy atom. The fourth-order valence-electron chi connectivity index (χ4n) is 2.86. The summed E-state index contributed by atoms with van der Waals surface area (Å²) >= 11 is 0. The third-order valence-electron chi connectivity index (χ3n) is 4.07. The molecule has 0 fully saturated rings. The molecule has 2 heterocycles. The van der Waals surface area contributed by atoms with Crippen molar-refractivity contribution < 1.29 is 4.42 Å². The summed E-state index contributed by atoms with van der Waals surface area (Å²) in [6.07, 6.45) is 0. The Balaban J connectivity index is 2.15. The quantitative estimate of drug-likeness (QED) is 0.784. The summed E-state index contributed by atoms with van der Waals surface area (Å²) in [5.74, 6) is 1.69. The van der Waals surface area contributed by atoms with E-state index in [0.29, 0.717) is 0 Å². The molecule has 0 saturated carbocycles. The minimum Gasteiger partial charge on any atom is -0.466 e. The Labute approximate surface area is 122 Å². The summed E-state index contributed by atoms with van der Waals surface area (Å²) in [5, 5.41) is 0. The molecule has 1 aromatic carbocycles. The first kappa shape index (κ1) is 13.7. The third-order valence-corrected chi connectivity index (χ3v) is 4.07. The first-order valence-corrected chi connectivity index (χ1v) is 6.88. The normalized spacial score (nSPS) is 13.0. The number of nitrogens with zero attached hydrogens (tertiary/aromatic N) is 2. The minimum absolute atomic E-state index is 0.0361. The van der Waals surface area contributed by atoms with E-state index in [1.807, 2.05) is 38.1 Å². The molecule has 1 atom stereocenters. The van der Waals surface area contributed by atoms with Crippen molar-refractivity contribution in [2.45, 2.75) is 19.9 Å². The van der Waals surface area contributed by atoms with Gasteiger partial charge in [0.25, 0.3) is 0 Å². The van der Waals surface area contributed by atoms with E-state index in [1.165, 1.54) is 0 Å². The maximum atomic E-state index is 12.0. The van der Waals surface area contributed by atoms with Gasteiger partial charge in [-0.05, 0) is 37.6 Å². The smallest absolute Gasteiger partial charge is 0.328 e. The molecule has 110 valence electrons. The zero-order valence-corrected chi connectivity index (χ0v) is 12.7. The van der Waals surface area contributed by atoms with Gasteiger partial charge in [0.05, 0.1) is 17.1 Å². The second kappa shape index (κ2) is 4.63. The zero-order valence-electron chi connectivity index (χ0n) is 12.7. The fourth-order valence-corrected chi connectivity index (χ4v) is 2.86. The van der Waals surface area contributed by atoms with Crippen LogP contribution in [0.1, 0.15) is 28.7 Å². The number of fused-ring (bicyclic) bond motifs is 1. The first-order chi connectivity index (χ1) is 9.90. The van der Waals surface area contributed by atoms with E-state index in [0.717, 1.165) is 33.7 Å². The van der Waals surface area contributed by atoms with Crippen LogP contribution in [0.5, 0.6) is 0 Å². The van der Waals surface area contributed by atoms with Gasteiger partial charge >= 0.3 is 5.69 Å². The number of furan rings is 1. The molecule has 0 radical (unpaired) electrons. The predicted octanol–water partition coefficient (Wildman–Crippen LogP) is 2.13. The Morgan fingerprint density at radius 3 is 2.38 bits per heavy atom. The molecule has 0 amide bonds. The second-order valence-corrected chi connectivity index (χ2v) is 5.50. The molecule has 0 spiro atoms. The van der Waals surface area contributed by atoms with Crippen molar-refractivity contribution in [2.24, 2.45) is 19.8 Å². The molecule has 2 aromatic heterocycles. The van der Waals surface area contributed by atoms with Crippen molar-refractivity contribution in [3.8, 4) is 0 Å². The number of imidazole rings is 1. The van der Waals surface area contributed by atoms with Gasteiger partial charge in [0, 0.05) is 19.7 Å². The molecule has 5 heteroatoms. The molecule has 0 bridgehead atoms. The molecule has 5 nitrogen and oxygen atoms in total. The van der Waals surface area contributed by atoms with Crippen LogP contribution in [0.3, 0.4) is 0 Å². The molecule has 1 unspecified atom stereocenters. The lowest BCUT2D eigenvalue weighted by molar-refractivity contribution is 0.499. The first-order valence-electron chi connectivity index (χ1n) is 6.88. The van der Waals surface area contributed by atoms with Gasteiger partial charge in [0.1, 0.15) is 11.5 Å². The summed E-state index contributed by atoms with van der Waals surface area (Å²) in [7, 11) is 3.54. The highest BCUT2D eigenvalue weighted by molar-refractivity contribution is 5.77. The highest BCUT2D eigenvalue weighted by Crippen LogP contribution is 2.27. The molecule has 21 heavy (non-hydrogen) atoms. The predicted molar refractivity (Wildman–Crippen MR) is 82.4 cm³/mol. The molecule has 3 rings (SSSR count). The largest absolute Gasteiger partial charge is 0.466 e. The van der Waals surface area contributed by atoms with Crippen LogP contribution >= 0.6 is 0 Å². The van der Waals surface area contributed by atoms with E-state index >= 15 is 0 Å². The van der Waals surface area contributed by atoms with Crippen molar-refractivity contribution in [3.63, 3.8) is 0 Å². The minimum atomic E-state index is -0.262. The average molecular weight is 285 g/mol. The van der Waals surface area contributed by atoms with Crippen LogP contribution in [0, 0.1) is 13.8 Å². The van der Waals surface area contributed by atoms with Gasteiger partial charge in [-0.15, -0.1) is 0 Å². The van der Waals surface area contributed by atoms with Crippen molar-refractivity contribution in [2.75, 3.05) is 0 Å². The summed E-state index contributed by atoms with van der Waals surface area (Å²) < 4.78 is 8.83. The monoisotopic (exact) mass is 285 g/mol. The van der Waals surface area contributed by atoms with Crippen molar-refractivity contribution in [3.05, 3.63) is 57.4 Å². The van der Waals surface area contributed by atoms with Gasteiger partial charge in [-0.1, -0.05) is 6.07 Å². The molecular formula is C16H19N3O2. The topological polar surface area (TPSA) is 66.1 Å². The summed E-state index contributed by atoms with van der Waals surface area (Å²) in [5.41, 5.74) is 10.1. The lowest BCUT2D eigenvalue weighted by atomic mass is 9.99. The van der Waals surface area contributed by atoms with E-state index in [9.17, 15) is 4.79 Å². The highest BCUT2D eigenvalue weighted by Gasteiger charge is 2.17. The lowest BCUT2D eigenvalue weighted by Crippen LogP contribution is -2.19. The van der Waals surface area contributed by atoms with E-state index < -0.39 is 0 Å². The van der Waals surface area contributed by atoms with Crippen LogP contribution < -0.4 is 11.4 Å². The Kier molecular flexibility index (Phi) is 3.02. The number of aryl methyl sites for hydroxylation is 4. The van der Waals surface area contributed by atoms with Crippen LogP contribution in [0.25, 0.3) is 11.0 Å². The molecule has 0 aliphatic carbocycles. The van der Waals surface area contributed by atoms with Gasteiger partial charge in [-0.2, -0.15) is 0 Å². The summed E-state index contributed by atoms with van der Waals surface area (Å²) in [4.78, 5) is 12.0. The molecular weight excluding hydrogens is 266 g/mol. The van der Waals surface area contributed by atoms with Crippen LogP contribution in [-0.4, -0.2) is 9.13 Å². The maximum Gasteiger partial charge on any atom is 0.328 e. The number of aromatic nitrogens is 2. The Hall–Kier alpha value is -2.27. The van der Waals surface area contributed by atoms with Crippen LogP contribution in [0.15, 0.2) is 33.5 Å². The van der Waals surface area contributed by atoms with Crippen molar-refractivity contribution >= 4 is 11.0 Å². The number of hydrogen-bond acceptors (Lipinski definition) is 3. The number of nitrogens with two attached hydrogens (primary N) is 1. The van der Waals surface area contributed by atoms with Crippen molar-refractivity contribution in [1.29, 1.82) is 0 Å². The van der Waals surface area contributed by atoms with Crippen LogP contribution in [0.4, 0.5) is 0 Å². The Morgan fingerprint density at radius 2 is 1.76 bits per heavy atom. The second-order valence-electron chi connectivity index (χ2n) is 5.50. The van der Waals surface area contributed by atoms with E-state index in [2.05, 4.69) is 0 Å². The fraction of sp³-hybridized carbons (Fsp3) is 0.312. The molecule has 0 aliphatic heterocycles. The summed E-state index contributed by atoms with van der Waals surface area (Å²) in [6.45, 7) is 3.83. The highest BCUT2D eigenvalue weighted by atomic mass is 16.3. The average Bonchev–Trinajstić information content (AvgIpc) is 2.91. The lowest BCUT2D eigenvalue weighted by Gasteiger charge is -2.11. The Bertz CT molecular complexity index is 883. The number of rotatable bonds is 2. The van der Waals surface area contributed by atoms with Gasteiger partial charge in [-0.3, -0.25) is 9.13 Å². The van der Waals surface area contributed by atoms with E-state index in [1.54, 1.807) is 23.2 Å². The van der Waals surface area contributed by atoms with E-state index in [-0.39, 0.29) is 11.7 Å². The van der Waals surface area contributed by atoms with Gasteiger partial charge in [0.2, 0.25) is 0 Å². The third kappa shape index (κ3) is 2.01. The van der Waals surface area contributed by atoms with Gasteiger partial charge in [0.15, 0.2) is 0 Å². The molecule has 3 aromatic rings. The van der Waals surface area contributed by atoms with Crippen LogP contribution in [0.2, 0.25) is 0 Å².